The van der Waals surface area contributed by atoms with Gasteiger partial charge in [-0.1, -0.05) is 579 Å². The lowest BCUT2D eigenvalue weighted by atomic mass is 9.59. The molecule has 5 fully saturated rings. The van der Waals surface area contributed by atoms with E-state index in [1.165, 1.54) is 262 Å². The summed E-state index contributed by atoms with van der Waals surface area (Å²) in [5.41, 5.74) is 14.7. The van der Waals surface area contributed by atoms with Gasteiger partial charge in [-0.05, 0) is 131 Å². The highest BCUT2D eigenvalue weighted by Gasteiger charge is 2.61. The third-order valence-electron chi connectivity index (χ3n) is 24.5. The van der Waals surface area contributed by atoms with Gasteiger partial charge in [0.05, 0.1) is 62.3 Å². The second kappa shape index (κ2) is 94.2. The molecule has 0 radical (unpaired) electrons. The summed E-state index contributed by atoms with van der Waals surface area (Å²) in [7, 11) is 10.0. The third-order valence-corrected chi connectivity index (χ3v) is 24.5. The van der Waals surface area contributed by atoms with Gasteiger partial charge in [-0.2, -0.15) is 0 Å². The number of fused-ring (bicyclic) bond motifs is 5. The van der Waals surface area contributed by atoms with E-state index >= 15 is 0 Å². The zero-order valence-electron chi connectivity index (χ0n) is 94.8. The molecule has 5 aliphatic rings. The minimum atomic E-state index is -0.657. The second-order valence-corrected chi connectivity index (χ2v) is 30.9. The van der Waals surface area contributed by atoms with Crippen molar-refractivity contribution in [1.82, 2.24) is 0 Å². The minimum absolute atomic E-state index is 0.210. The van der Waals surface area contributed by atoms with Crippen LogP contribution in [0.25, 0.3) is 0 Å². The molecule has 15 rings (SSSR count). The molecule has 10 aromatic rings. The fourth-order valence-corrected chi connectivity index (χ4v) is 19.1. The van der Waals surface area contributed by atoms with E-state index in [0.29, 0.717) is 5.41 Å². The van der Waals surface area contributed by atoms with Crippen LogP contribution in [0.5, 0.6) is 0 Å². The number of methoxy groups -OCH3 is 8. The van der Waals surface area contributed by atoms with Crippen molar-refractivity contribution in [2.75, 3.05) is 56.9 Å². The monoisotopic (exact) mass is 1940 g/mol. The van der Waals surface area contributed by atoms with Crippen molar-refractivity contribution in [1.29, 1.82) is 0 Å². The Bertz CT molecular complexity index is 3920. The second-order valence-electron chi connectivity index (χ2n) is 30.9. The van der Waals surface area contributed by atoms with E-state index in [1.807, 2.05) is 166 Å². The quantitative estimate of drug-likeness (QED) is 0.0731. The highest BCUT2D eigenvalue weighted by Crippen LogP contribution is 2.68. The first-order chi connectivity index (χ1) is 69.4. The van der Waals surface area contributed by atoms with Crippen molar-refractivity contribution in [2.45, 2.75) is 348 Å². The van der Waals surface area contributed by atoms with E-state index in [2.05, 4.69) is 341 Å². The van der Waals surface area contributed by atoms with Gasteiger partial charge in [0, 0.05) is 16.2 Å². The maximum absolute atomic E-state index is 9.74. The zero-order chi connectivity index (χ0) is 107. The molecule has 788 valence electrons. The Balaban J connectivity index is -0.000000507. The molecular weight excluding hydrogens is 1740 g/mol. The van der Waals surface area contributed by atoms with Gasteiger partial charge in [-0.3, -0.25) is 0 Å². The van der Waals surface area contributed by atoms with Crippen LogP contribution in [0.4, 0.5) is 19.2 Å². The third kappa shape index (κ3) is 48.3. The minimum Gasteiger partial charge on any atom is -0.438 e. The van der Waals surface area contributed by atoms with Crippen LogP contribution in [-0.2, 0) is 59.6 Å². The van der Waals surface area contributed by atoms with E-state index < -0.39 is 24.6 Å². The van der Waals surface area contributed by atoms with Crippen LogP contribution in [0.2, 0.25) is 0 Å². The normalized spacial score (nSPS) is 15.5. The molecule has 141 heavy (non-hydrogen) atoms. The highest BCUT2D eigenvalue weighted by atomic mass is 16.7. The predicted molar refractivity (Wildman–Crippen MR) is 609 cm³/mol. The average molecular weight is 1940 g/mol. The lowest BCUT2D eigenvalue weighted by molar-refractivity contribution is 0.0915. The van der Waals surface area contributed by atoms with E-state index in [1.54, 1.807) is 11.1 Å². The van der Waals surface area contributed by atoms with Gasteiger partial charge >= 0.3 is 24.6 Å². The Morgan fingerprint density at radius 1 is 0.213 bits per heavy atom. The smallest absolute Gasteiger partial charge is 0.438 e. The molecule has 10 aromatic carbocycles. The Kier molecular flexibility index (Phi) is 92.7. The maximum Gasteiger partial charge on any atom is 0.507 e. The molecule has 0 aliphatic heterocycles. The van der Waals surface area contributed by atoms with E-state index in [9.17, 15) is 19.2 Å². The topological polar surface area (TPSA) is 142 Å². The number of rotatable bonds is 10. The SMILES string of the molecule is CC.CC.CC.CC.CC.CC.CC.CC.CC.CC.CC.CC.COC(=O)OC.COC(=O)OC.COC(=O)OC.COC(=O)OC.c1ccc(C(c2ccccc2)(c2ccccc2)c2ccccc2)cc1.c1ccc(C2(c3ccccc3)CC3CC2C2CCCC32)cc1.c1ccc(C2(c3ccccc3)CCCCCCCCC2)cc1.c1ccc(C2(c3ccccc3)CCCCCCCCCCC2)cc1. The standard InChI is InChI=1S/C25H20.C24H32.C22H24.C22H28.4C3H6O3.12C2H6/c1-5-13-21(14-6-1)25(22-15-7-2-8-16-22,23-17-9-3-10-18-23)24-19-11-4-12-20-24;1-2-4-6-14-20-24(21-15-7-5-3-1,22-16-10-8-11-17-22)23-18-12-9-13-19-23;1-3-8-17(9-4-1)22(18-10-5-2-6-11-18)15-16-14-21(22)20-13-7-12-19(16)20;1-2-4-12-18-22(19-13-5-3-1,20-14-8-6-9-15-20)21-16-10-7-11-17-21;4*1-5-3(4)6-2;12*1-2/h1-20H;8-13,16-19H,1-7,14-15,20-21H2;1-6,8-11,16,19-21H,7,12-15H2;6-11,14-17H,1-5,12-13,18-19H2;4*1-2H3;12*1-2H3. The molecule has 0 N–H and O–H groups in total. The fraction of sp³-hybridized carbons (Fsp3) is 0.504. The predicted octanol–water partition coefficient (Wildman–Crippen LogP) is 39.2. The number of carbonyl (C=O) groups is 4. The summed E-state index contributed by atoms with van der Waals surface area (Å²) in [6, 6.07) is 111. The van der Waals surface area contributed by atoms with Gasteiger partial charge in [0.2, 0.25) is 0 Å². The number of benzene rings is 10. The largest absolute Gasteiger partial charge is 0.507 e. The van der Waals surface area contributed by atoms with Crippen molar-refractivity contribution in [2.24, 2.45) is 23.7 Å². The first-order valence-electron chi connectivity index (χ1n) is 54.4. The van der Waals surface area contributed by atoms with Crippen molar-refractivity contribution in [3.63, 3.8) is 0 Å². The number of carbonyl (C=O) groups excluding carboxylic acids is 4. The lowest BCUT2D eigenvalue weighted by Crippen LogP contribution is -2.40. The summed E-state index contributed by atoms with van der Waals surface area (Å²) >= 11 is 0. The van der Waals surface area contributed by atoms with Gasteiger partial charge in [0.15, 0.2) is 0 Å². The van der Waals surface area contributed by atoms with Crippen molar-refractivity contribution in [3.8, 4) is 0 Å². The molecular formula is C129H200O12. The summed E-state index contributed by atoms with van der Waals surface area (Å²) in [6.45, 7) is 48.0. The molecule has 0 heterocycles. The van der Waals surface area contributed by atoms with Crippen LogP contribution < -0.4 is 0 Å². The molecule has 0 spiro atoms. The zero-order valence-corrected chi connectivity index (χ0v) is 94.8. The Hall–Kier alpha value is -10.7. The maximum atomic E-state index is 9.74. The van der Waals surface area contributed by atoms with Gasteiger partial charge in [-0.25, -0.2) is 19.2 Å². The summed E-state index contributed by atoms with van der Waals surface area (Å²) in [5.74, 6) is 3.87. The molecule has 5 aliphatic carbocycles. The van der Waals surface area contributed by atoms with E-state index in [0.717, 1.165) is 23.7 Å². The van der Waals surface area contributed by atoms with Gasteiger partial charge < -0.3 is 37.9 Å². The molecule has 12 heteroatoms. The van der Waals surface area contributed by atoms with Crippen LogP contribution in [0.1, 0.15) is 382 Å². The Labute approximate surface area is 864 Å². The summed E-state index contributed by atoms with van der Waals surface area (Å²) in [5, 5.41) is 0. The molecule has 0 aromatic heterocycles. The van der Waals surface area contributed by atoms with E-state index in [-0.39, 0.29) is 16.2 Å². The highest BCUT2D eigenvalue weighted by molar-refractivity contribution is 5.61. The Morgan fingerprint density at radius 3 is 0.553 bits per heavy atom. The molecule has 0 saturated heterocycles. The van der Waals surface area contributed by atoms with Crippen LogP contribution >= 0.6 is 0 Å². The van der Waals surface area contributed by atoms with E-state index in [4.69, 9.17) is 0 Å². The van der Waals surface area contributed by atoms with Crippen LogP contribution in [-0.4, -0.2) is 81.5 Å². The molecule has 4 unspecified atom stereocenters. The summed E-state index contributed by atoms with van der Waals surface area (Å²) in [6.07, 6.45) is 32.2. The van der Waals surface area contributed by atoms with Crippen molar-refractivity contribution < 1.29 is 57.1 Å². The molecule has 2 bridgehead atoms. The van der Waals surface area contributed by atoms with Gasteiger partial charge in [0.1, 0.15) is 0 Å². The van der Waals surface area contributed by atoms with Crippen LogP contribution in [0, 0.1) is 23.7 Å². The van der Waals surface area contributed by atoms with Gasteiger partial charge in [-0.15, -0.1) is 0 Å². The molecule has 12 nitrogen and oxygen atoms in total. The number of ether oxygens (including phenoxy) is 8. The Morgan fingerprint density at radius 2 is 0.376 bits per heavy atom. The summed E-state index contributed by atoms with van der Waals surface area (Å²) < 4.78 is 32.3. The number of hydrogen-bond acceptors (Lipinski definition) is 12. The first-order valence-corrected chi connectivity index (χ1v) is 54.4. The molecule has 4 atom stereocenters. The summed E-state index contributed by atoms with van der Waals surface area (Å²) in [4.78, 5) is 38.9. The van der Waals surface area contributed by atoms with Gasteiger partial charge in [0.25, 0.3) is 0 Å². The van der Waals surface area contributed by atoms with Crippen LogP contribution in [0.3, 0.4) is 0 Å². The molecule has 5 saturated carbocycles. The lowest BCUT2D eigenvalue weighted by Gasteiger charge is -2.44. The fourth-order valence-electron chi connectivity index (χ4n) is 19.1. The first kappa shape index (κ1) is 139. The van der Waals surface area contributed by atoms with Crippen LogP contribution in [0.15, 0.2) is 303 Å². The van der Waals surface area contributed by atoms with Crippen molar-refractivity contribution >= 4 is 24.6 Å². The average Bonchev–Trinajstić information content (AvgIpc) is 1.55. The number of hydrogen-bond donors (Lipinski definition) is 0. The molecule has 0 amide bonds. The van der Waals surface area contributed by atoms with Crippen molar-refractivity contribution in [3.05, 3.63) is 359 Å².